The number of nitrogens with one attached hydrogen (secondary N) is 1. The van der Waals surface area contributed by atoms with Crippen LogP contribution < -0.4 is 16.0 Å². The Morgan fingerprint density at radius 2 is 2.47 bits per heavy atom. The minimum Gasteiger partial charge on any atom is -0.377 e. The van der Waals surface area contributed by atoms with Gasteiger partial charge in [0.25, 0.3) is 0 Å². The smallest absolute Gasteiger partial charge is 0.242 e. The van der Waals surface area contributed by atoms with E-state index in [0.717, 1.165) is 13.0 Å². The van der Waals surface area contributed by atoms with Gasteiger partial charge in [-0.25, -0.2) is 4.98 Å². The van der Waals surface area contributed by atoms with Gasteiger partial charge in [0.05, 0.1) is 25.6 Å². The van der Waals surface area contributed by atoms with Crippen molar-refractivity contribution in [3.8, 4) is 0 Å². The molecular weight excluding hydrogens is 246 g/mol. The Hall–Kier alpha value is -1.89. The normalized spacial score (nSPS) is 19.2. The van der Waals surface area contributed by atoms with Crippen LogP contribution in [0.3, 0.4) is 0 Å². The number of nitrogens with zero attached hydrogens (tertiary/aromatic N) is 3. The van der Waals surface area contributed by atoms with E-state index < -0.39 is 11.9 Å². The fourth-order valence-electron chi connectivity index (χ4n) is 1.95. The highest BCUT2D eigenvalue weighted by Gasteiger charge is 2.28. The second-order valence-electron chi connectivity index (χ2n) is 4.38. The van der Waals surface area contributed by atoms with Gasteiger partial charge in [0.1, 0.15) is 17.7 Å². The van der Waals surface area contributed by atoms with Gasteiger partial charge in [-0.15, -0.1) is 0 Å². The number of nitrogens with two attached hydrogens (primary N) is 1. The van der Waals surface area contributed by atoms with Gasteiger partial charge in [0.2, 0.25) is 5.91 Å². The van der Waals surface area contributed by atoms with Crippen LogP contribution >= 0.6 is 0 Å². The summed E-state index contributed by atoms with van der Waals surface area (Å²) in [5.74, 6) is 0.940. The molecular formula is C12H19N5O2. The molecule has 1 amide bonds. The zero-order valence-corrected chi connectivity index (χ0v) is 11.0. The molecule has 1 aliphatic heterocycles. The van der Waals surface area contributed by atoms with Crippen LogP contribution in [0, 0.1) is 0 Å². The number of hydrogen-bond donors (Lipinski definition) is 2. The first-order valence-corrected chi connectivity index (χ1v) is 6.42. The largest absolute Gasteiger partial charge is 0.377 e. The molecule has 1 atom stereocenters. The molecule has 0 aliphatic carbocycles. The Morgan fingerprint density at radius 3 is 3.21 bits per heavy atom. The van der Waals surface area contributed by atoms with Crippen molar-refractivity contribution in [3.05, 3.63) is 12.4 Å². The van der Waals surface area contributed by atoms with E-state index in [9.17, 15) is 4.79 Å². The molecule has 104 valence electrons. The Kier molecular flexibility index (Phi) is 4.51. The Labute approximate surface area is 112 Å². The molecule has 1 aliphatic rings. The second-order valence-corrected chi connectivity index (χ2v) is 4.38. The summed E-state index contributed by atoms with van der Waals surface area (Å²) in [5.41, 5.74) is 5.39. The van der Waals surface area contributed by atoms with Gasteiger partial charge in [-0.2, -0.15) is 0 Å². The average Bonchev–Trinajstić information content (AvgIpc) is 2.45. The summed E-state index contributed by atoms with van der Waals surface area (Å²) < 4.78 is 5.28. The van der Waals surface area contributed by atoms with Gasteiger partial charge in [-0.1, -0.05) is 6.92 Å². The Balaban J connectivity index is 2.16. The van der Waals surface area contributed by atoms with E-state index in [-0.39, 0.29) is 0 Å². The predicted molar refractivity (Wildman–Crippen MR) is 72.0 cm³/mol. The minimum absolute atomic E-state index is 0.295. The van der Waals surface area contributed by atoms with Crippen molar-refractivity contribution in [2.75, 3.05) is 36.5 Å². The zero-order chi connectivity index (χ0) is 13.7. The van der Waals surface area contributed by atoms with Crippen molar-refractivity contribution in [1.82, 2.24) is 9.97 Å². The molecule has 0 bridgehead atoms. The maximum Gasteiger partial charge on any atom is 0.242 e. The van der Waals surface area contributed by atoms with Crippen LogP contribution in [0.15, 0.2) is 12.4 Å². The van der Waals surface area contributed by atoms with Gasteiger partial charge >= 0.3 is 0 Å². The van der Waals surface area contributed by atoms with E-state index in [1.54, 1.807) is 12.4 Å². The number of primary amides is 1. The van der Waals surface area contributed by atoms with E-state index >= 15 is 0 Å². The summed E-state index contributed by atoms with van der Waals surface area (Å²) in [5, 5.41) is 3.17. The van der Waals surface area contributed by atoms with E-state index in [1.807, 2.05) is 4.90 Å². The van der Waals surface area contributed by atoms with Crippen molar-refractivity contribution in [2.24, 2.45) is 5.73 Å². The lowest BCUT2D eigenvalue weighted by atomic mass is 10.2. The van der Waals surface area contributed by atoms with Crippen LogP contribution in [0.25, 0.3) is 0 Å². The van der Waals surface area contributed by atoms with Gasteiger partial charge < -0.3 is 20.7 Å². The molecule has 2 rings (SSSR count). The van der Waals surface area contributed by atoms with Crippen LogP contribution in [0.5, 0.6) is 0 Å². The van der Waals surface area contributed by atoms with E-state index in [0.29, 0.717) is 31.4 Å². The Morgan fingerprint density at radius 1 is 1.63 bits per heavy atom. The fourth-order valence-corrected chi connectivity index (χ4v) is 1.95. The molecule has 2 heterocycles. The summed E-state index contributed by atoms with van der Waals surface area (Å²) in [4.78, 5) is 21.9. The topological polar surface area (TPSA) is 93.4 Å². The molecule has 0 aromatic carbocycles. The average molecular weight is 265 g/mol. The number of anilines is 2. The molecule has 3 N–H and O–H groups in total. The molecule has 7 heteroatoms. The van der Waals surface area contributed by atoms with Crippen molar-refractivity contribution in [3.63, 3.8) is 0 Å². The molecule has 1 unspecified atom stereocenters. The molecule has 1 aromatic heterocycles. The molecule has 0 saturated carbocycles. The number of ether oxygens (including phenoxy) is 1. The number of aromatic nitrogens is 2. The lowest BCUT2D eigenvalue weighted by Crippen LogP contribution is -2.53. The molecule has 19 heavy (non-hydrogen) atoms. The maximum atomic E-state index is 11.4. The highest BCUT2D eigenvalue weighted by atomic mass is 16.5. The van der Waals surface area contributed by atoms with Crippen molar-refractivity contribution < 1.29 is 9.53 Å². The predicted octanol–water partition coefficient (Wildman–Crippen LogP) is -0.0110. The van der Waals surface area contributed by atoms with Gasteiger partial charge in [-0.3, -0.25) is 9.78 Å². The summed E-state index contributed by atoms with van der Waals surface area (Å²) >= 11 is 0. The SMILES string of the molecule is CCCNc1cncc(N2CCOCC2C(N)=O)n1. The molecule has 0 spiro atoms. The number of rotatable bonds is 5. The third-order valence-corrected chi connectivity index (χ3v) is 2.93. The molecule has 0 radical (unpaired) electrons. The van der Waals surface area contributed by atoms with E-state index in [2.05, 4.69) is 22.2 Å². The standard InChI is InChI=1S/C12H19N5O2/c1-2-3-15-10-6-14-7-11(16-10)17-4-5-19-8-9(17)12(13)18/h6-7,9H,2-5,8H2,1H3,(H2,13,18)(H,15,16). The molecule has 1 aromatic rings. The zero-order valence-electron chi connectivity index (χ0n) is 11.0. The van der Waals surface area contributed by atoms with Gasteiger partial charge in [0.15, 0.2) is 0 Å². The number of carbonyl (C=O) groups excluding carboxylic acids is 1. The molecule has 1 fully saturated rings. The monoisotopic (exact) mass is 265 g/mol. The first-order chi connectivity index (χ1) is 9.22. The number of carbonyl (C=O) groups is 1. The lowest BCUT2D eigenvalue weighted by molar-refractivity contribution is -0.121. The van der Waals surface area contributed by atoms with Crippen LogP contribution in [0.2, 0.25) is 0 Å². The lowest BCUT2D eigenvalue weighted by Gasteiger charge is -2.34. The van der Waals surface area contributed by atoms with Crippen molar-refractivity contribution in [2.45, 2.75) is 19.4 Å². The highest BCUT2D eigenvalue weighted by molar-refractivity contribution is 5.83. The molecule has 1 saturated heterocycles. The van der Waals surface area contributed by atoms with Gasteiger partial charge in [-0.05, 0) is 6.42 Å². The van der Waals surface area contributed by atoms with Gasteiger partial charge in [0, 0.05) is 13.1 Å². The summed E-state index contributed by atoms with van der Waals surface area (Å²) in [6.07, 6.45) is 4.31. The summed E-state index contributed by atoms with van der Waals surface area (Å²) in [6.45, 7) is 4.34. The van der Waals surface area contributed by atoms with Crippen LogP contribution in [0.4, 0.5) is 11.6 Å². The highest BCUT2D eigenvalue weighted by Crippen LogP contribution is 2.18. The molecule has 7 nitrogen and oxygen atoms in total. The van der Waals surface area contributed by atoms with Crippen LogP contribution in [-0.4, -0.2) is 48.2 Å². The van der Waals surface area contributed by atoms with Crippen molar-refractivity contribution in [1.29, 1.82) is 0 Å². The van der Waals surface area contributed by atoms with E-state index in [4.69, 9.17) is 10.5 Å². The van der Waals surface area contributed by atoms with Crippen LogP contribution in [0.1, 0.15) is 13.3 Å². The maximum absolute atomic E-state index is 11.4. The third-order valence-electron chi connectivity index (χ3n) is 2.93. The summed E-state index contributed by atoms with van der Waals surface area (Å²) in [7, 11) is 0. The van der Waals surface area contributed by atoms with Crippen LogP contribution in [-0.2, 0) is 9.53 Å². The van der Waals surface area contributed by atoms with Crippen molar-refractivity contribution >= 4 is 17.5 Å². The fraction of sp³-hybridized carbons (Fsp3) is 0.583. The number of amides is 1. The number of hydrogen-bond acceptors (Lipinski definition) is 6. The number of morpholine rings is 1. The minimum atomic E-state index is -0.482. The van der Waals surface area contributed by atoms with E-state index in [1.165, 1.54) is 0 Å². The third kappa shape index (κ3) is 3.31. The first kappa shape index (κ1) is 13.5. The first-order valence-electron chi connectivity index (χ1n) is 6.42. The summed E-state index contributed by atoms with van der Waals surface area (Å²) in [6, 6.07) is -0.482. The quantitative estimate of drug-likeness (QED) is 0.777. The Bertz CT molecular complexity index is 440. The second kappa shape index (κ2) is 6.33.